The maximum atomic E-state index is 13.3. The molecule has 2 heterocycles. The Morgan fingerprint density at radius 3 is 2.47 bits per heavy atom. The number of nitrogens with zero attached hydrogens (tertiary/aromatic N) is 1. The molecule has 7 heteroatoms. The minimum absolute atomic E-state index is 0.0847. The minimum atomic E-state index is -0.564. The molecule has 0 radical (unpaired) electrons. The zero-order valence-electron chi connectivity index (χ0n) is 21.4. The lowest BCUT2D eigenvalue weighted by atomic mass is 9.53. The second kappa shape index (κ2) is 9.79. The van der Waals surface area contributed by atoms with Gasteiger partial charge in [0, 0.05) is 29.0 Å². The number of rotatable bonds is 9. The van der Waals surface area contributed by atoms with Gasteiger partial charge in [0.25, 0.3) is 5.91 Å². The van der Waals surface area contributed by atoms with Gasteiger partial charge in [0.05, 0.1) is 5.37 Å². The molecule has 3 amide bonds. The van der Waals surface area contributed by atoms with E-state index in [0.717, 1.165) is 34.6 Å². The molecule has 6 nitrogen and oxygen atoms in total. The highest BCUT2D eigenvalue weighted by molar-refractivity contribution is 8.00. The van der Waals surface area contributed by atoms with Crippen molar-refractivity contribution in [2.75, 3.05) is 0 Å². The lowest BCUT2D eigenvalue weighted by Crippen LogP contribution is -2.60. The van der Waals surface area contributed by atoms with Crippen LogP contribution in [0.2, 0.25) is 0 Å². The predicted octanol–water partition coefficient (Wildman–Crippen LogP) is 5.00. The molecule has 2 N–H and O–H groups in total. The molecule has 2 atom stereocenters. The average Bonchev–Trinajstić information content (AvgIpc) is 3.15. The van der Waals surface area contributed by atoms with Crippen LogP contribution < -0.4 is 10.6 Å². The number of nitrogens with one attached hydrogen (secondary N) is 2. The summed E-state index contributed by atoms with van der Waals surface area (Å²) in [5.74, 6) is 2.05. The summed E-state index contributed by atoms with van der Waals surface area (Å²) in [6, 6.07) is 5.47. The number of unbranched alkanes of at least 4 members (excludes halogenated alkanes) is 2. The molecule has 4 aliphatic carbocycles. The van der Waals surface area contributed by atoms with Crippen LogP contribution in [0, 0.1) is 17.8 Å². The molecule has 0 spiro atoms. The molecule has 1 aromatic carbocycles. The number of hydrogen-bond acceptors (Lipinski definition) is 5. The van der Waals surface area contributed by atoms with E-state index in [9.17, 15) is 14.4 Å². The van der Waals surface area contributed by atoms with E-state index in [4.69, 9.17) is 0 Å². The zero-order valence-corrected chi connectivity index (χ0v) is 22.2. The van der Waals surface area contributed by atoms with Gasteiger partial charge in [0.1, 0.15) is 6.04 Å². The van der Waals surface area contributed by atoms with Gasteiger partial charge in [0.15, 0.2) is 0 Å². The van der Waals surface area contributed by atoms with Crippen LogP contribution in [0.5, 0.6) is 0 Å². The Bertz CT molecular complexity index is 1020. The van der Waals surface area contributed by atoms with Crippen molar-refractivity contribution in [2.45, 2.75) is 112 Å². The minimum Gasteiger partial charge on any atom is -0.322 e. The van der Waals surface area contributed by atoms with Crippen molar-refractivity contribution < 1.29 is 14.4 Å². The Morgan fingerprint density at radius 1 is 1.08 bits per heavy atom. The van der Waals surface area contributed by atoms with Crippen molar-refractivity contribution in [3.05, 3.63) is 29.3 Å². The molecule has 0 aromatic heterocycles. The van der Waals surface area contributed by atoms with E-state index in [1.165, 1.54) is 57.8 Å². The van der Waals surface area contributed by atoms with Gasteiger partial charge in [-0.1, -0.05) is 32.3 Å². The second-order valence-corrected chi connectivity index (χ2v) is 13.4. The Hall–Kier alpha value is -1.86. The van der Waals surface area contributed by atoms with Gasteiger partial charge in [-0.2, -0.15) is 0 Å². The second-order valence-electron chi connectivity index (χ2n) is 12.1. The molecular formula is C29H39N3O3S. The number of piperidine rings is 1. The van der Waals surface area contributed by atoms with Gasteiger partial charge < -0.3 is 4.90 Å². The molecule has 36 heavy (non-hydrogen) atoms. The Labute approximate surface area is 218 Å². The van der Waals surface area contributed by atoms with Gasteiger partial charge in [0.2, 0.25) is 11.8 Å². The number of carbonyl (C=O) groups excluding carboxylic acids is 3. The molecular weight excluding hydrogens is 470 g/mol. The van der Waals surface area contributed by atoms with Crippen LogP contribution in [0.1, 0.15) is 99.9 Å². The molecule has 2 unspecified atom stereocenters. The molecule has 194 valence electrons. The van der Waals surface area contributed by atoms with E-state index in [1.807, 2.05) is 23.9 Å². The fourth-order valence-electron chi connectivity index (χ4n) is 8.19. The lowest BCUT2D eigenvalue weighted by Gasteiger charge is -2.58. The van der Waals surface area contributed by atoms with Crippen molar-refractivity contribution in [2.24, 2.45) is 17.8 Å². The standard InChI is InChI=1S/C29H39N3O3S/c1-2-3-4-8-26(31-29-14-18-11-19(15-29)13-20(12-18)16-29)36-24-7-5-6-21-22(24)17-32(28(21)35)23-9-10-25(33)30-27(23)34/h5-7,18-20,23,26,31H,2-4,8-17H2,1H3,(H,30,33,34). The number of imide groups is 1. The van der Waals surface area contributed by atoms with Gasteiger partial charge >= 0.3 is 0 Å². The van der Waals surface area contributed by atoms with Crippen LogP contribution >= 0.6 is 11.8 Å². The van der Waals surface area contributed by atoms with Crippen molar-refractivity contribution in [3.63, 3.8) is 0 Å². The zero-order chi connectivity index (χ0) is 24.9. The first-order valence-electron chi connectivity index (χ1n) is 14.1. The fourth-order valence-corrected chi connectivity index (χ4v) is 9.56. The van der Waals surface area contributed by atoms with Gasteiger partial charge in [-0.3, -0.25) is 25.0 Å². The Morgan fingerprint density at radius 2 is 1.81 bits per heavy atom. The summed E-state index contributed by atoms with van der Waals surface area (Å²) in [6.45, 7) is 2.70. The number of benzene rings is 1. The van der Waals surface area contributed by atoms with Crippen LogP contribution in [-0.2, 0) is 16.1 Å². The Kier molecular flexibility index (Phi) is 6.65. The molecule has 2 aliphatic heterocycles. The lowest BCUT2D eigenvalue weighted by molar-refractivity contribution is -0.136. The van der Waals surface area contributed by atoms with Crippen LogP contribution in [-0.4, -0.2) is 39.6 Å². The number of hydrogen-bond donors (Lipinski definition) is 2. The van der Waals surface area contributed by atoms with Crippen molar-refractivity contribution >= 4 is 29.5 Å². The number of amides is 3. The Balaban J connectivity index is 1.21. The fraction of sp³-hybridized carbons (Fsp3) is 0.690. The summed E-state index contributed by atoms with van der Waals surface area (Å²) in [4.78, 5) is 40.3. The highest BCUT2D eigenvalue weighted by Gasteiger charge is 2.51. The molecule has 4 saturated carbocycles. The molecule has 4 bridgehead atoms. The van der Waals surface area contributed by atoms with Crippen molar-refractivity contribution in [3.8, 4) is 0 Å². The average molecular weight is 510 g/mol. The quantitative estimate of drug-likeness (QED) is 0.212. The smallest absolute Gasteiger partial charge is 0.255 e. The summed E-state index contributed by atoms with van der Waals surface area (Å²) in [7, 11) is 0. The summed E-state index contributed by atoms with van der Waals surface area (Å²) in [5, 5.41) is 6.97. The summed E-state index contributed by atoms with van der Waals surface area (Å²) >= 11 is 1.90. The number of carbonyl (C=O) groups is 3. The van der Waals surface area contributed by atoms with Crippen LogP contribution in [0.25, 0.3) is 0 Å². The molecule has 1 saturated heterocycles. The third-order valence-electron chi connectivity index (χ3n) is 9.38. The van der Waals surface area contributed by atoms with E-state index in [2.05, 4.69) is 23.6 Å². The molecule has 1 aromatic rings. The highest BCUT2D eigenvalue weighted by Crippen LogP contribution is 2.56. The highest BCUT2D eigenvalue weighted by atomic mass is 32.2. The van der Waals surface area contributed by atoms with Crippen molar-refractivity contribution in [1.82, 2.24) is 15.5 Å². The van der Waals surface area contributed by atoms with E-state index >= 15 is 0 Å². The van der Waals surface area contributed by atoms with Gasteiger partial charge in [-0.25, -0.2) is 0 Å². The topological polar surface area (TPSA) is 78.5 Å². The summed E-state index contributed by atoms with van der Waals surface area (Å²) < 4.78 is 0. The normalized spacial score (nSPS) is 33.7. The first kappa shape index (κ1) is 24.5. The first-order valence-corrected chi connectivity index (χ1v) is 15.0. The summed E-state index contributed by atoms with van der Waals surface area (Å²) in [5.41, 5.74) is 2.06. The monoisotopic (exact) mass is 509 g/mol. The van der Waals surface area contributed by atoms with Gasteiger partial charge in [-0.15, -0.1) is 11.8 Å². The molecule has 7 rings (SSSR count). The maximum absolute atomic E-state index is 13.3. The number of thioether (sulfide) groups is 1. The van der Waals surface area contributed by atoms with Crippen LogP contribution in [0.3, 0.4) is 0 Å². The van der Waals surface area contributed by atoms with Crippen molar-refractivity contribution in [1.29, 1.82) is 0 Å². The third kappa shape index (κ3) is 4.62. The van der Waals surface area contributed by atoms with Crippen LogP contribution in [0.4, 0.5) is 0 Å². The third-order valence-corrected chi connectivity index (χ3v) is 10.7. The predicted molar refractivity (Wildman–Crippen MR) is 140 cm³/mol. The first-order chi connectivity index (χ1) is 17.4. The SMILES string of the molecule is CCCCCC(NC12CC3CC(CC(C3)C1)C2)Sc1cccc2c1CN(C1CCC(=O)NC1=O)C2=O. The van der Waals surface area contributed by atoms with E-state index in [-0.39, 0.29) is 24.1 Å². The van der Waals surface area contributed by atoms with E-state index < -0.39 is 6.04 Å². The maximum Gasteiger partial charge on any atom is 0.255 e. The largest absolute Gasteiger partial charge is 0.322 e. The molecule has 5 fully saturated rings. The van der Waals surface area contributed by atoms with E-state index in [1.54, 1.807) is 4.90 Å². The van der Waals surface area contributed by atoms with E-state index in [0.29, 0.717) is 29.4 Å². The van der Waals surface area contributed by atoms with Gasteiger partial charge in [-0.05, 0) is 86.8 Å². The summed E-state index contributed by atoms with van der Waals surface area (Å²) in [6.07, 6.45) is 13.8. The van der Waals surface area contributed by atoms with Crippen LogP contribution in [0.15, 0.2) is 23.1 Å². The molecule has 6 aliphatic rings. The number of fused-ring (bicyclic) bond motifs is 1.